The van der Waals surface area contributed by atoms with Crippen LogP contribution in [0.2, 0.25) is 0 Å². The minimum atomic E-state index is -0.00935. The Hall–Kier alpha value is -2.08. The molecule has 0 spiro atoms. The van der Waals surface area contributed by atoms with Crippen LogP contribution in [-0.4, -0.2) is 39.4 Å². The van der Waals surface area contributed by atoms with Gasteiger partial charge in [-0.25, -0.2) is 9.48 Å². The Balaban J connectivity index is 1.70. The summed E-state index contributed by atoms with van der Waals surface area (Å²) in [6, 6.07) is 4.39. The summed E-state index contributed by atoms with van der Waals surface area (Å²) in [6.07, 6.45) is 2.06. The Bertz CT molecular complexity index is 829. The van der Waals surface area contributed by atoms with Crippen molar-refractivity contribution in [3.8, 4) is 5.75 Å². The van der Waals surface area contributed by atoms with E-state index in [1.54, 1.807) is 14.2 Å². The predicted octanol–water partition coefficient (Wildman–Crippen LogP) is 2.61. The van der Waals surface area contributed by atoms with E-state index in [2.05, 4.69) is 36.0 Å². The Kier molecular flexibility index (Phi) is 5.51. The molecule has 0 saturated carbocycles. The summed E-state index contributed by atoms with van der Waals surface area (Å²) in [7, 11) is 3.48. The average molecular weight is 358 g/mol. The van der Waals surface area contributed by atoms with Gasteiger partial charge < -0.3 is 4.74 Å². The molecule has 1 aliphatic heterocycles. The first kappa shape index (κ1) is 18.7. The largest absolute Gasteiger partial charge is 0.496 e. The molecule has 6 heteroatoms. The lowest BCUT2D eigenvalue weighted by molar-refractivity contribution is 0.197. The van der Waals surface area contributed by atoms with Gasteiger partial charge in [-0.05, 0) is 52.3 Å². The van der Waals surface area contributed by atoms with Crippen molar-refractivity contribution in [1.82, 2.24) is 19.2 Å². The molecule has 1 aromatic carbocycles. The fraction of sp³-hybridized carbons (Fsp3) is 0.600. The van der Waals surface area contributed by atoms with Crippen LogP contribution in [-0.2, 0) is 20.1 Å². The van der Waals surface area contributed by atoms with Crippen molar-refractivity contribution in [3.05, 3.63) is 45.1 Å². The van der Waals surface area contributed by atoms with E-state index in [0.29, 0.717) is 12.5 Å². The third kappa shape index (κ3) is 3.56. The van der Waals surface area contributed by atoms with Gasteiger partial charge in [0.25, 0.3) is 0 Å². The van der Waals surface area contributed by atoms with Crippen molar-refractivity contribution in [1.29, 1.82) is 0 Å². The van der Waals surface area contributed by atoms with Crippen LogP contribution < -0.4 is 10.4 Å². The van der Waals surface area contributed by atoms with Gasteiger partial charge in [-0.15, -0.1) is 0 Å². The van der Waals surface area contributed by atoms with Gasteiger partial charge in [-0.3, -0.25) is 9.47 Å². The number of rotatable bonds is 5. The first-order chi connectivity index (χ1) is 12.4. The molecule has 142 valence electrons. The molecule has 2 heterocycles. The monoisotopic (exact) mass is 358 g/mol. The maximum absolute atomic E-state index is 12.1. The van der Waals surface area contributed by atoms with Gasteiger partial charge in [0.05, 0.1) is 7.11 Å². The SMILES string of the molecule is CCn1c(C2CCN(Cc3cc(C)cc(C)c3OC)CC2)nn(C)c1=O. The average Bonchev–Trinajstić information content (AvgIpc) is 2.90. The van der Waals surface area contributed by atoms with E-state index in [1.165, 1.54) is 21.4 Å². The summed E-state index contributed by atoms with van der Waals surface area (Å²) in [6.45, 7) is 9.85. The van der Waals surface area contributed by atoms with Crippen molar-refractivity contribution in [2.45, 2.75) is 52.6 Å². The lowest BCUT2D eigenvalue weighted by atomic mass is 9.95. The van der Waals surface area contributed by atoms with E-state index < -0.39 is 0 Å². The van der Waals surface area contributed by atoms with Crippen LogP contribution in [0.4, 0.5) is 0 Å². The van der Waals surface area contributed by atoms with Gasteiger partial charge in [-0.2, -0.15) is 5.10 Å². The highest BCUT2D eigenvalue weighted by Gasteiger charge is 2.26. The highest BCUT2D eigenvalue weighted by atomic mass is 16.5. The first-order valence-electron chi connectivity index (χ1n) is 9.44. The zero-order chi connectivity index (χ0) is 18.8. The molecule has 0 aliphatic carbocycles. The highest BCUT2D eigenvalue weighted by Crippen LogP contribution is 2.30. The van der Waals surface area contributed by atoms with Crippen LogP contribution in [0.15, 0.2) is 16.9 Å². The van der Waals surface area contributed by atoms with Crippen LogP contribution in [0.5, 0.6) is 5.75 Å². The van der Waals surface area contributed by atoms with E-state index in [4.69, 9.17) is 4.74 Å². The molecule has 0 amide bonds. The van der Waals surface area contributed by atoms with Crippen molar-refractivity contribution in [3.63, 3.8) is 0 Å². The Morgan fingerprint density at radius 2 is 1.92 bits per heavy atom. The zero-order valence-electron chi connectivity index (χ0n) is 16.6. The van der Waals surface area contributed by atoms with Gasteiger partial charge in [0.1, 0.15) is 11.6 Å². The molecular formula is C20H30N4O2. The van der Waals surface area contributed by atoms with Crippen molar-refractivity contribution in [2.75, 3.05) is 20.2 Å². The normalized spacial score (nSPS) is 16.2. The molecule has 26 heavy (non-hydrogen) atoms. The molecule has 0 bridgehead atoms. The number of hydrogen-bond acceptors (Lipinski definition) is 4. The number of likely N-dealkylation sites (tertiary alicyclic amines) is 1. The zero-order valence-corrected chi connectivity index (χ0v) is 16.6. The first-order valence-corrected chi connectivity index (χ1v) is 9.44. The van der Waals surface area contributed by atoms with Crippen molar-refractivity contribution >= 4 is 0 Å². The fourth-order valence-corrected chi connectivity index (χ4v) is 4.16. The molecule has 3 rings (SSSR count). The number of aromatic nitrogens is 3. The molecular weight excluding hydrogens is 328 g/mol. The molecule has 0 atom stereocenters. The topological polar surface area (TPSA) is 52.3 Å². The maximum atomic E-state index is 12.1. The number of hydrogen-bond donors (Lipinski definition) is 0. The number of aryl methyl sites for hydroxylation is 3. The van der Waals surface area contributed by atoms with E-state index in [9.17, 15) is 4.79 Å². The molecule has 0 unspecified atom stereocenters. The lowest BCUT2D eigenvalue weighted by Gasteiger charge is -2.32. The van der Waals surface area contributed by atoms with E-state index in [1.807, 2.05) is 11.5 Å². The van der Waals surface area contributed by atoms with Gasteiger partial charge in [0.2, 0.25) is 0 Å². The molecule has 0 radical (unpaired) electrons. The standard InChI is InChI=1S/C20H30N4O2/c1-6-24-19(21-22(4)20(24)25)16-7-9-23(10-8-16)13-17-12-14(2)11-15(3)18(17)26-5/h11-12,16H,6-10,13H2,1-5H3. The van der Waals surface area contributed by atoms with Gasteiger partial charge in [0.15, 0.2) is 0 Å². The van der Waals surface area contributed by atoms with Crippen LogP contribution >= 0.6 is 0 Å². The molecule has 2 aromatic rings. The van der Waals surface area contributed by atoms with Crippen molar-refractivity contribution < 1.29 is 4.74 Å². The second-order valence-electron chi connectivity index (χ2n) is 7.33. The van der Waals surface area contributed by atoms with E-state index >= 15 is 0 Å². The molecule has 1 aromatic heterocycles. The number of ether oxygens (including phenoxy) is 1. The molecule has 1 saturated heterocycles. The number of methoxy groups -OCH3 is 1. The Morgan fingerprint density at radius 1 is 1.23 bits per heavy atom. The van der Waals surface area contributed by atoms with Crippen LogP contribution in [0.1, 0.15) is 48.2 Å². The van der Waals surface area contributed by atoms with Gasteiger partial charge in [-0.1, -0.05) is 17.7 Å². The lowest BCUT2D eigenvalue weighted by Crippen LogP contribution is -2.34. The summed E-state index contributed by atoms with van der Waals surface area (Å²) in [5.74, 6) is 2.31. The number of nitrogens with zero attached hydrogens (tertiary/aromatic N) is 4. The highest BCUT2D eigenvalue weighted by molar-refractivity contribution is 5.43. The third-order valence-corrected chi connectivity index (χ3v) is 5.40. The smallest absolute Gasteiger partial charge is 0.345 e. The number of piperidine rings is 1. The van der Waals surface area contributed by atoms with Gasteiger partial charge >= 0.3 is 5.69 Å². The second-order valence-corrected chi connectivity index (χ2v) is 7.33. The third-order valence-electron chi connectivity index (χ3n) is 5.40. The summed E-state index contributed by atoms with van der Waals surface area (Å²) in [5, 5.41) is 4.49. The van der Waals surface area contributed by atoms with Gasteiger partial charge in [0, 0.05) is 31.6 Å². The van der Waals surface area contributed by atoms with Crippen molar-refractivity contribution in [2.24, 2.45) is 7.05 Å². The Morgan fingerprint density at radius 3 is 2.54 bits per heavy atom. The molecule has 1 aliphatic rings. The van der Waals surface area contributed by atoms with Crippen LogP contribution in [0, 0.1) is 13.8 Å². The summed E-state index contributed by atoms with van der Waals surface area (Å²) >= 11 is 0. The number of benzene rings is 1. The van der Waals surface area contributed by atoms with Crippen LogP contribution in [0.3, 0.4) is 0 Å². The summed E-state index contributed by atoms with van der Waals surface area (Å²) in [4.78, 5) is 14.6. The quantitative estimate of drug-likeness (QED) is 0.824. The minimum absolute atomic E-state index is 0.00935. The van der Waals surface area contributed by atoms with E-state index in [-0.39, 0.29) is 5.69 Å². The second kappa shape index (κ2) is 7.66. The fourth-order valence-electron chi connectivity index (χ4n) is 4.16. The minimum Gasteiger partial charge on any atom is -0.496 e. The molecule has 6 nitrogen and oxygen atoms in total. The summed E-state index contributed by atoms with van der Waals surface area (Å²) < 4.78 is 8.91. The molecule has 1 fully saturated rings. The van der Waals surface area contributed by atoms with Crippen LogP contribution in [0.25, 0.3) is 0 Å². The predicted molar refractivity (Wildman–Crippen MR) is 103 cm³/mol. The van der Waals surface area contributed by atoms with E-state index in [0.717, 1.165) is 44.0 Å². The Labute approximate surface area is 155 Å². The summed E-state index contributed by atoms with van der Waals surface area (Å²) in [5.41, 5.74) is 3.71. The molecule has 0 N–H and O–H groups in total. The maximum Gasteiger partial charge on any atom is 0.345 e.